The van der Waals surface area contributed by atoms with E-state index in [4.69, 9.17) is 4.74 Å². The topological polar surface area (TPSA) is 34.1 Å². The Bertz CT molecular complexity index is 288. The molecule has 1 rings (SSSR count). The van der Waals surface area contributed by atoms with Crippen LogP contribution in [0, 0.1) is 0 Å². The highest BCUT2D eigenvalue weighted by Crippen LogP contribution is 2.19. The Labute approximate surface area is 102 Å². The van der Waals surface area contributed by atoms with Crippen LogP contribution in [-0.4, -0.2) is 24.7 Å². The van der Waals surface area contributed by atoms with Crippen LogP contribution >= 0.6 is 11.3 Å². The molecule has 0 bridgehead atoms. The molecule has 0 spiro atoms. The van der Waals surface area contributed by atoms with Crippen molar-refractivity contribution < 1.29 is 4.74 Å². The Morgan fingerprint density at radius 3 is 2.88 bits per heavy atom. The van der Waals surface area contributed by atoms with Crippen LogP contribution in [0.3, 0.4) is 0 Å². The van der Waals surface area contributed by atoms with Crippen molar-refractivity contribution in [3.05, 3.63) is 16.1 Å². The molecule has 0 amide bonds. The zero-order valence-corrected chi connectivity index (χ0v) is 11.3. The van der Waals surface area contributed by atoms with Gasteiger partial charge in [0.15, 0.2) is 0 Å². The van der Waals surface area contributed by atoms with Gasteiger partial charge in [0.05, 0.1) is 12.6 Å². The summed E-state index contributed by atoms with van der Waals surface area (Å²) in [6.45, 7) is 8.96. The third-order valence-corrected chi connectivity index (χ3v) is 3.66. The first-order valence-corrected chi connectivity index (χ1v) is 6.85. The number of hydrogen-bond acceptors (Lipinski definition) is 4. The van der Waals surface area contributed by atoms with Gasteiger partial charge in [-0.3, -0.25) is 0 Å². The first-order valence-electron chi connectivity index (χ1n) is 6.03. The summed E-state index contributed by atoms with van der Waals surface area (Å²) in [5, 5.41) is 4.59. The van der Waals surface area contributed by atoms with Gasteiger partial charge in [-0.2, -0.15) is 0 Å². The third kappa shape index (κ3) is 4.60. The first kappa shape index (κ1) is 13.6. The predicted molar refractivity (Wildman–Crippen MR) is 69.0 cm³/mol. The lowest BCUT2D eigenvalue weighted by Gasteiger charge is -2.10. The number of nitrogens with zero attached hydrogens (tertiary/aromatic N) is 1. The van der Waals surface area contributed by atoms with Crippen LogP contribution in [0.15, 0.2) is 6.20 Å². The van der Waals surface area contributed by atoms with Crippen LogP contribution in [0.5, 0.6) is 0 Å². The molecule has 1 aromatic heterocycles. The van der Waals surface area contributed by atoms with Crippen LogP contribution in [0.4, 0.5) is 0 Å². The van der Waals surface area contributed by atoms with Gasteiger partial charge in [-0.25, -0.2) is 4.98 Å². The second-order valence-electron chi connectivity index (χ2n) is 3.81. The van der Waals surface area contributed by atoms with E-state index < -0.39 is 0 Å². The van der Waals surface area contributed by atoms with Gasteiger partial charge in [0, 0.05) is 24.2 Å². The first-order chi connectivity index (χ1) is 7.77. The maximum absolute atomic E-state index is 5.42. The third-order valence-electron chi connectivity index (χ3n) is 2.34. The van der Waals surface area contributed by atoms with Crippen LogP contribution in [0.2, 0.25) is 0 Å². The number of nitrogens with one attached hydrogen (secondary N) is 1. The molecular formula is C12H22N2OS. The molecule has 4 heteroatoms. The SMILES string of the molecule is CCCOCCNC(C)c1ncc(CC)s1. The minimum absolute atomic E-state index is 0.329. The second kappa shape index (κ2) is 7.76. The fourth-order valence-electron chi connectivity index (χ4n) is 1.37. The quantitative estimate of drug-likeness (QED) is 0.712. The molecule has 1 N–H and O–H groups in total. The van der Waals surface area contributed by atoms with Gasteiger partial charge < -0.3 is 10.1 Å². The average molecular weight is 242 g/mol. The number of aryl methyl sites for hydroxylation is 1. The monoisotopic (exact) mass is 242 g/mol. The van der Waals surface area contributed by atoms with E-state index in [2.05, 4.69) is 31.1 Å². The highest BCUT2D eigenvalue weighted by Gasteiger charge is 2.08. The molecule has 0 aliphatic carbocycles. The van der Waals surface area contributed by atoms with E-state index in [1.807, 2.05) is 6.20 Å². The van der Waals surface area contributed by atoms with Crippen molar-refractivity contribution >= 4 is 11.3 Å². The van der Waals surface area contributed by atoms with E-state index in [0.717, 1.165) is 32.6 Å². The van der Waals surface area contributed by atoms with Crippen molar-refractivity contribution in [1.29, 1.82) is 0 Å². The summed E-state index contributed by atoms with van der Waals surface area (Å²) in [5.74, 6) is 0. The van der Waals surface area contributed by atoms with Crippen LogP contribution in [0.25, 0.3) is 0 Å². The number of ether oxygens (including phenoxy) is 1. The molecule has 0 radical (unpaired) electrons. The normalized spacial score (nSPS) is 12.9. The lowest BCUT2D eigenvalue weighted by molar-refractivity contribution is 0.135. The predicted octanol–water partition coefficient (Wildman–Crippen LogP) is 2.78. The fraction of sp³-hybridized carbons (Fsp3) is 0.750. The van der Waals surface area contributed by atoms with Gasteiger partial charge in [-0.1, -0.05) is 13.8 Å². The number of aromatic nitrogens is 1. The van der Waals surface area contributed by atoms with Gasteiger partial charge >= 0.3 is 0 Å². The highest BCUT2D eigenvalue weighted by molar-refractivity contribution is 7.11. The lowest BCUT2D eigenvalue weighted by atomic mass is 10.3. The molecule has 1 unspecified atom stereocenters. The van der Waals surface area contributed by atoms with Crippen molar-refractivity contribution in [3.63, 3.8) is 0 Å². The summed E-state index contributed by atoms with van der Waals surface area (Å²) in [4.78, 5) is 5.77. The lowest BCUT2D eigenvalue weighted by Crippen LogP contribution is -2.23. The second-order valence-corrected chi connectivity index (χ2v) is 4.95. The number of thiazole rings is 1. The molecule has 1 heterocycles. The van der Waals surface area contributed by atoms with Crippen molar-refractivity contribution in [2.24, 2.45) is 0 Å². The summed E-state index contributed by atoms with van der Waals surface area (Å²) < 4.78 is 5.42. The molecule has 0 aliphatic rings. The van der Waals surface area contributed by atoms with Crippen LogP contribution in [0.1, 0.15) is 43.1 Å². The van der Waals surface area contributed by atoms with Gasteiger partial charge in [0.25, 0.3) is 0 Å². The summed E-state index contributed by atoms with van der Waals surface area (Å²) in [5.41, 5.74) is 0. The van der Waals surface area contributed by atoms with E-state index in [1.54, 1.807) is 11.3 Å². The molecule has 0 saturated heterocycles. The number of rotatable bonds is 8. The van der Waals surface area contributed by atoms with Crippen molar-refractivity contribution in [1.82, 2.24) is 10.3 Å². The van der Waals surface area contributed by atoms with Gasteiger partial charge in [-0.15, -0.1) is 11.3 Å². The number of hydrogen-bond donors (Lipinski definition) is 1. The van der Waals surface area contributed by atoms with Gasteiger partial charge in [0.2, 0.25) is 0 Å². The van der Waals surface area contributed by atoms with E-state index in [-0.39, 0.29) is 0 Å². The average Bonchev–Trinajstić information content (AvgIpc) is 2.77. The molecule has 92 valence electrons. The molecule has 16 heavy (non-hydrogen) atoms. The largest absolute Gasteiger partial charge is 0.380 e. The Kier molecular flexibility index (Phi) is 6.61. The summed E-state index contributed by atoms with van der Waals surface area (Å²) in [6.07, 6.45) is 4.14. The highest BCUT2D eigenvalue weighted by atomic mass is 32.1. The van der Waals surface area contributed by atoms with Crippen molar-refractivity contribution in [2.45, 2.75) is 39.7 Å². The van der Waals surface area contributed by atoms with E-state index in [9.17, 15) is 0 Å². The smallest absolute Gasteiger partial charge is 0.109 e. The Balaban J connectivity index is 2.21. The molecule has 0 aromatic carbocycles. The molecule has 1 atom stereocenters. The molecule has 0 saturated carbocycles. The summed E-state index contributed by atoms with van der Waals surface area (Å²) in [7, 11) is 0. The van der Waals surface area contributed by atoms with Gasteiger partial charge in [0.1, 0.15) is 5.01 Å². The zero-order chi connectivity index (χ0) is 11.8. The van der Waals surface area contributed by atoms with E-state index >= 15 is 0 Å². The Morgan fingerprint density at radius 2 is 2.25 bits per heavy atom. The van der Waals surface area contributed by atoms with Gasteiger partial charge in [-0.05, 0) is 19.8 Å². The minimum Gasteiger partial charge on any atom is -0.380 e. The molecule has 1 aromatic rings. The van der Waals surface area contributed by atoms with E-state index in [0.29, 0.717) is 6.04 Å². The van der Waals surface area contributed by atoms with Crippen molar-refractivity contribution in [3.8, 4) is 0 Å². The molecule has 3 nitrogen and oxygen atoms in total. The maximum Gasteiger partial charge on any atom is 0.109 e. The molecule has 0 fully saturated rings. The zero-order valence-electron chi connectivity index (χ0n) is 10.5. The molecule has 0 aliphatic heterocycles. The van der Waals surface area contributed by atoms with Crippen LogP contribution < -0.4 is 5.32 Å². The fourth-order valence-corrected chi connectivity index (χ4v) is 2.25. The Morgan fingerprint density at radius 1 is 1.44 bits per heavy atom. The minimum atomic E-state index is 0.329. The summed E-state index contributed by atoms with van der Waals surface area (Å²) in [6, 6.07) is 0.329. The van der Waals surface area contributed by atoms with Crippen LogP contribution in [-0.2, 0) is 11.2 Å². The van der Waals surface area contributed by atoms with E-state index in [1.165, 1.54) is 9.88 Å². The Hall–Kier alpha value is -0.450. The maximum atomic E-state index is 5.42. The molecular weight excluding hydrogens is 220 g/mol. The summed E-state index contributed by atoms with van der Waals surface area (Å²) >= 11 is 1.79. The standard InChI is InChI=1S/C12H22N2OS/c1-4-7-15-8-6-13-10(3)12-14-9-11(5-2)16-12/h9-10,13H,4-8H2,1-3H3. The van der Waals surface area contributed by atoms with Crippen molar-refractivity contribution in [2.75, 3.05) is 19.8 Å².